The highest BCUT2D eigenvalue weighted by Gasteiger charge is 2.43. The normalized spacial score (nSPS) is 25.2. The summed E-state index contributed by atoms with van der Waals surface area (Å²) in [5.74, 6) is 0.653. The number of benzene rings is 2. The van der Waals surface area contributed by atoms with E-state index in [4.69, 9.17) is 9.47 Å². The van der Waals surface area contributed by atoms with Gasteiger partial charge < -0.3 is 14.4 Å². The van der Waals surface area contributed by atoms with Gasteiger partial charge in [0.2, 0.25) is 5.91 Å². The quantitative estimate of drug-likeness (QED) is 0.209. The van der Waals surface area contributed by atoms with Crippen LogP contribution in [0.2, 0.25) is 25.7 Å². The molecule has 9 heteroatoms. The summed E-state index contributed by atoms with van der Waals surface area (Å²) >= 11 is 0. The third-order valence-corrected chi connectivity index (χ3v) is 11.3. The molecule has 3 aliphatic heterocycles. The summed E-state index contributed by atoms with van der Waals surface area (Å²) in [6.07, 6.45) is 5.25. The fourth-order valence-corrected chi connectivity index (χ4v) is 7.71. The van der Waals surface area contributed by atoms with Gasteiger partial charge in [-0.3, -0.25) is 24.2 Å². The highest BCUT2D eigenvalue weighted by molar-refractivity contribution is 6.76. The lowest BCUT2D eigenvalue weighted by molar-refractivity contribution is -0.158. The number of ether oxygens (including phenoxy) is 2. The molecule has 0 aromatic heterocycles. The Bertz CT molecular complexity index is 1340. The zero-order valence-electron chi connectivity index (χ0n) is 25.8. The second kappa shape index (κ2) is 12.5. The summed E-state index contributed by atoms with van der Waals surface area (Å²) < 4.78 is 12.4. The van der Waals surface area contributed by atoms with Crippen molar-refractivity contribution < 1.29 is 23.9 Å². The van der Waals surface area contributed by atoms with E-state index in [9.17, 15) is 14.4 Å². The number of hydrogen-bond donors (Lipinski definition) is 0. The Labute approximate surface area is 256 Å². The third kappa shape index (κ3) is 6.59. The van der Waals surface area contributed by atoms with Crippen LogP contribution < -0.4 is 4.74 Å². The van der Waals surface area contributed by atoms with Gasteiger partial charge in [0, 0.05) is 58.3 Å². The second-order valence-corrected chi connectivity index (χ2v) is 19.5. The molecule has 3 heterocycles. The van der Waals surface area contributed by atoms with Gasteiger partial charge in [0.05, 0.1) is 0 Å². The molecule has 2 aromatic carbocycles. The Hall–Kier alpha value is -3.01. The number of carbonyl (C=O) groups excluding carboxylic acids is 3. The molecule has 0 N–H and O–H groups in total. The van der Waals surface area contributed by atoms with Crippen molar-refractivity contribution in [3.8, 4) is 5.75 Å². The number of rotatable bonds is 10. The van der Waals surface area contributed by atoms with Gasteiger partial charge in [0.1, 0.15) is 24.6 Å². The van der Waals surface area contributed by atoms with Crippen molar-refractivity contribution in [2.24, 2.45) is 0 Å². The molecular formula is C34H45N3O5Si. The van der Waals surface area contributed by atoms with Gasteiger partial charge in [-0.1, -0.05) is 56.4 Å². The molecule has 3 fully saturated rings. The van der Waals surface area contributed by atoms with Crippen LogP contribution in [0.25, 0.3) is 0 Å². The average molecular weight is 604 g/mol. The number of fused-ring (bicyclic) bond motifs is 1. The highest BCUT2D eigenvalue weighted by atomic mass is 28.3. The molecule has 43 heavy (non-hydrogen) atoms. The van der Waals surface area contributed by atoms with E-state index in [-0.39, 0.29) is 37.0 Å². The standard InChI is InChI=1S/C34H45N3O5Si/c1-43(2,3)18-17-41-23-37-32(38)16-15-30(34(37)40)36-22-25-19-27(13-14-28(25)33(36)39)42-31-12-8-7-11-29(31)35-20-26(21-35)24-9-5-4-6-10-24/h4-6,9-10,13-14,19,26,29-31H,7-8,11-12,15-18,20-23H2,1-3H3/t29-,30+,31-/m0/s1. The first kappa shape index (κ1) is 30.0. The van der Waals surface area contributed by atoms with Crippen molar-refractivity contribution in [2.45, 2.75) is 94.9 Å². The van der Waals surface area contributed by atoms with Crippen LogP contribution in [0.3, 0.4) is 0 Å². The van der Waals surface area contributed by atoms with E-state index < -0.39 is 14.1 Å². The Kier molecular flexibility index (Phi) is 8.76. The summed E-state index contributed by atoms with van der Waals surface area (Å²) in [4.78, 5) is 44.8. The minimum Gasteiger partial charge on any atom is -0.489 e. The number of hydrogen-bond acceptors (Lipinski definition) is 6. The summed E-state index contributed by atoms with van der Waals surface area (Å²) in [5, 5.41) is 0. The lowest BCUT2D eigenvalue weighted by atomic mass is 9.84. The second-order valence-electron chi connectivity index (χ2n) is 13.9. The molecule has 230 valence electrons. The predicted molar refractivity (Wildman–Crippen MR) is 168 cm³/mol. The first-order valence-electron chi connectivity index (χ1n) is 16.0. The van der Waals surface area contributed by atoms with Crippen molar-refractivity contribution >= 4 is 25.8 Å². The van der Waals surface area contributed by atoms with Crippen LogP contribution in [0.4, 0.5) is 0 Å². The van der Waals surface area contributed by atoms with Crippen LogP contribution in [0.15, 0.2) is 48.5 Å². The first-order valence-corrected chi connectivity index (χ1v) is 19.7. The van der Waals surface area contributed by atoms with E-state index in [0.717, 1.165) is 49.7 Å². The number of nitrogens with zero attached hydrogens (tertiary/aromatic N) is 3. The molecular weight excluding hydrogens is 558 g/mol. The predicted octanol–water partition coefficient (Wildman–Crippen LogP) is 5.26. The zero-order chi connectivity index (χ0) is 30.1. The van der Waals surface area contributed by atoms with Gasteiger partial charge in [0.25, 0.3) is 11.8 Å². The molecule has 4 aliphatic rings. The largest absolute Gasteiger partial charge is 0.489 e. The molecule has 1 aliphatic carbocycles. The molecule has 3 amide bonds. The van der Waals surface area contributed by atoms with Gasteiger partial charge in [0.15, 0.2) is 0 Å². The molecule has 3 atom stereocenters. The van der Waals surface area contributed by atoms with Gasteiger partial charge in [-0.25, -0.2) is 0 Å². The number of amides is 3. The Morgan fingerprint density at radius 2 is 1.70 bits per heavy atom. The van der Waals surface area contributed by atoms with E-state index in [1.165, 1.54) is 16.9 Å². The molecule has 1 saturated carbocycles. The molecule has 0 radical (unpaired) electrons. The fraction of sp³-hybridized carbons (Fsp3) is 0.559. The summed E-state index contributed by atoms with van der Waals surface area (Å²) in [7, 11) is -1.28. The molecule has 2 saturated heterocycles. The van der Waals surface area contributed by atoms with Crippen molar-refractivity contribution in [1.82, 2.24) is 14.7 Å². The van der Waals surface area contributed by atoms with E-state index >= 15 is 0 Å². The first-order chi connectivity index (χ1) is 20.7. The fourth-order valence-electron chi connectivity index (χ4n) is 6.95. The topological polar surface area (TPSA) is 79.4 Å². The lowest BCUT2D eigenvalue weighted by Crippen LogP contribution is -2.57. The SMILES string of the molecule is C[Si](C)(C)CCOCN1C(=O)CC[C@@H](N2Cc3cc(O[C@H]4CCCC[C@@H]4N4CC(c5ccccc5)C4)ccc3C2=O)C1=O. The zero-order valence-corrected chi connectivity index (χ0v) is 26.8. The highest BCUT2D eigenvalue weighted by Crippen LogP contribution is 2.37. The maximum Gasteiger partial charge on any atom is 0.255 e. The number of likely N-dealkylation sites (tertiary alicyclic amines) is 2. The number of carbonyl (C=O) groups is 3. The van der Waals surface area contributed by atoms with Crippen molar-refractivity contribution in [3.63, 3.8) is 0 Å². The van der Waals surface area contributed by atoms with Crippen molar-refractivity contribution in [3.05, 3.63) is 65.2 Å². The Morgan fingerprint density at radius 1 is 0.930 bits per heavy atom. The Balaban J connectivity index is 1.07. The van der Waals surface area contributed by atoms with Gasteiger partial charge in [-0.05, 0) is 61.1 Å². The van der Waals surface area contributed by atoms with E-state index in [2.05, 4.69) is 54.9 Å². The van der Waals surface area contributed by atoms with Crippen LogP contribution >= 0.6 is 0 Å². The molecule has 6 rings (SSSR count). The molecule has 2 aromatic rings. The van der Waals surface area contributed by atoms with Crippen LogP contribution in [0.5, 0.6) is 5.75 Å². The molecule has 0 spiro atoms. The third-order valence-electron chi connectivity index (χ3n) is 9.59. The van der Waals surface area contributed by atoms with Crippen LogP contribution in [0, 0.1) is 0 Å². The van der Waals surface area contributed by atoms with Crippen molar-refractivity contribution in [2.75, 3.05) is 26.4 Å². The molecule has 0 bridgehead atoms. The maximum atomic E-state index is 13.4. The lowest BCUT2D eigenvalue weighted by Gasteiger charge is -2.48. The summed E-state index contributed by atoms with van der Waals surface area (Å²) in [5.41, 5.74) is 2.91. The molecule has 0 unspecified atom stereocenters. The van der Waals surface area contributed by atoms with E-state index in [1.807, 2.05) is 18.2 Å². The van der Waals surface area contributed by atoms with E-state index in [1.54, 1.807) is 4.90 Å². The van der Waals surface area contributed by atoms with Crippen LogP contribution in [-0.4, -0.2) is 85.1 Å². The van der Waals surface area contributed by atoms with Gasteiger partial charge in [-0.15, -0.1) is 0 Å². The number of imide groups is 1. The van der Waals surface area contributed by atoms with Gasteiger partial charge >= 0.3 is 0 Å². The maximum absolute atomic E-state index is 13.4. The van der Waals surface area contributed by atoms with Gasteiger partial charge in [-0.2, -0.15) is 0 Å². The minimum atomic E-state index is -1.28. The summed E-state index contributed by atoms with van der Waals surface area (Å²) in [6, 6.07) is 17.2. The molecule has 8 nitrogen and oxygen atoms in total. The van der Waals surface area contributed by atoms with Crippen LogP contribution in [0.1, 0.15) is 65.9 Å². The average Bonchev–Trinajstić information content (AvgIpc) is 3.28. The smallest absolute Gasteiger partial charge is 0.255 e. The monoisotopic (exact) mass is 603 g/mol. The Morgan fingerprint density at radius 3 is 2.47 bits per heavy atom. The van der Waals surface area contributed by atoms with Crippen LogP contribution in [-0.2, 0) is 20.9 Å². The van der Waals surface area contributed by atoms with E-state index in [0.29, 0.717) is 37.1 Å². The summed E-state index contributed by atoms with van der Waals surface area (Å²) in [6.45, 7) is 9.76. The van der Waals surface area contributed by atoms with Crippen molar-refractivity contribution in [1.29, 1.82) is 0 Å². The number of piperidine rings is 1. The minimum absolute atomic E-state index is 0.0444.